The van der Waals surface area contributed by atoms with Crippen molar-refractivity contribution in [1.82, 2.24) is 9.80 Å². The molecular weight excluding hydrogens is 492 g/mol. The summed E-state index contributed by atoms with van der Waals surface area (Å²) in [5.41, 5.74) is 3.02. The van der Waals surface area contributed by atoms with Crippen molar-refractivity contribution in [1.29, 1.82) is 0 Å². The molecule has 0 unspecified atom stereocenters. The first-order valence-corrected chi connectivity index (χ1v) is 12.3. The van der Waals surface area contributed by atoms with E-state index in [0.29, 0.717) is 79.1 Å². The van der Waals surface area contributed by atoms with Crippen molar-refractivity contribution < 1.29 is 38.0 Å². The van der Waals surface area contributed by atoms with E-state index in [2.05, 4.69) is 0 Å². The van der Waals surface area contributed by atoms with Crippen molar-refractivity contribution in [3.05, 3.63) is 40.5 Å². The Hall–Kier alpha value is -4.08. The summed E-state index contributed by atoms with van der Waals surface area (Å²) >= 11 is 0. The Kier molecular flexibility index (Phi) is 8.19. The molecule has 0 atom stereocenters. The van der Waals surface area contributed by atoms with E-state index in [1.165, 1.54) is 21.3 Å². The monoisotopic (exact) mass is 526 g/mol. The highest BCUT2D eigenvalue weighted by molar-refractivity contribution is 6.00. The summed E-state index contributed by atoms with van der Waals surface area (Å²) in [6, 6.07) is 5.16. The largest absolute Gasteiger partial charge is 0.493 e. The van der Waals surface area contributed by atoms with Gasteiger partial charge in [0.1, 0.15) is 0 Å². The van der Waals surface area contributed by atoms with Crippen LogP contribution in [0.25, 0.3) is 6.08 Å². The van der Waals surface area contributed by atoms with Gasteiger partial charge in [-0.05, 0) is 42.7 Å². The number of hydrogen-bond donors (Lipinski definition) is 0. The summed E-state index contributed by atoms with van der Waals surface area (Å²) < 4.78 is 32.7. The number of methoxy groups -OCH3 is 6. The van der Waals surface area contributed by atoms with E-state index in [0.717, 1.165) is 16.7 Å². The number of ether oxygens (including phenoxy) is 6. The van der Waals surface area contributed by atoms with Crippen LogP contribution < -0.4 is 28.4 Å². The Bertz CT molecular complexity index is 1220. The highest BCUT2D eigenvalue weighted by Gasteiger charge is 2.30. The fourth-order valence-electron chi connectivity index (χ4n) is 5.01. The lowest BCUT2D eigenvalue weighted by Gasteiger charge is -2.35. The van der Waals surface area contributed by atoms with Crippen LogP contribution in [0.1, 0.15) is 27.9 Å². The lowest BCUT2D eigenvalue weighted by molar-refractivity contribution is -0.128. The van der Waals surface area contributed by atoms with Gasteiger partial charge in [-0.3, -0.25) is 9.59 Å². The number of hydrogen-bond acceptors (Lipinski definition) is 8. The molecule has 10 heteroatoms. The third-order valence-electron chi connectivity index (χ3n) is 6.98. The first-order valence-electron chi connectivity index (χ1n) is 12.3. The first-order chi connectivity index (χ1) is 18.4. The summed E-state index contributed by atoms with van der Waals surface area (Å²) in [6.07, 6.45) is 3.14. The zero-order chi connectivity index (χ0) is 27.4. The summed E-state index contributed by atoms with van der Waals surface area (Å²) in [6.45, 7) is 1.72. The average Bonchev–Trinajstić information content (AvgIpc) is 2.97. The Morgan fingerprint density at radius 3 is 1.61 bits per heavy atom. The van der Waals surface area contributed by atoms with Crippen molar-refractivity contribution in [3.63, 3.8) is 0 Å². The minimum atomic E-state index is -0.157. The van der Waals surface area contributed by atoms with Crippen molar-refractivity contribution in [2.24, 2.45) is 0 Å². The van der Waals surface area contributed by atoms with Gasteiger partial charge in [0, 0.05) is 42.9 Å². The van der Waals surface area contributed by atoms with Gasteiger partial charge in [-0.2, -0.15) is 0 Å². The van der Waals surface area contributed by atoms with E-state index >= 15 is 0 Å². The fraction of sp³-hybridized carbons (Fsp3) is 0.429. The number of piperazine rings is 1. The smallest absolute Gasteiger partial charge is 0.254 e. The van der Waals surface area contributed by atoms with Crippen LogP contribution in [-0.4, -0.2) is 90.5 Å². The van der Waals surface area contributed by atoms with Gasteiger partial charge in [0.2, 0.25) is 17.4 Å². The Morgan fingerprint density at radius 1 is 0.605 bits per heavy atom. The number of carbonyl (C=O) groups is 2. The lowest BCUT2D eigenvalue weighted by atomic mass is 9.90. The maximum atomic E-state index is 13.4. The van der Waals surface area contributed by atoms with Gasteiger partial charge in [0.15, 0.2) is 23.0 Å². The molecule has 1 aliphatic carbocycles. The SMILES string of the molecule is COc1cc(C(=O)N2CCN(C(=O)C3=Cc4cc(OC)c(OC)c(OC)c4CC3)CC2)cc(OC)c1OC. The van der Waals surface area contributed by atoms with E-state index in [9.17, 15) is 9.59 Å². The molecule has 2 aromatic rings. The third kappa shape index (κ3) is 4.90. The van der Waals surface area contributed by atoms with Crippen LogP contribution in [0.2, 0.25) is 0 Å². The molecule has 10 nitrogen and oxygen atoms in total. The highest BCUT2D eigenvalue weighted by atomic mass is 16.5. The Morgan fingerprint density at radius 2 is 1.11 bits per heavy atom. The summed E-state index contributed by atoms with van der Waals surface area (Å²) in [5.74, 6) is 2.80. The van der Waals surface area contributed by atoms with E-state index in [-0.39, 0.29) is 11.8 Å². The molecule has 2 amide bonds. The molecule has 1 aliphatic heterocycles. The lowest BCUT2D eigenvalue weighted by Crippen LogP contribution is -2.51. The average molecular weight is 527 g/mol. The van der Waals surface area contributed by atoms with Gasteiger partial charge in [-0.25, -0.2) is 0 Å². The molecule has 0 saturated carbocycles. The standard InChI is InChI=1S/C28H34N2O8/c1-33-21-15-19(16-22(34-2)25(21)37-5)28(32)30-11-9-29(10-12-30)27(31)17-7-8-20-18(13-17)14-23(35-3)26(38-6)24(20)36-4/h13-16H,7-12H2,1-6H3. The van der Waals surface area contributed by atoms with E-state index in [1.807, 2.05) is 12.1 Å². The molecule has 0 spiro atoms. The van der Waals surface area contributed by atoms with E-state index in [4.69, 9.17) is 28.4 Å². The van der Waals surface area contributed by atoms with E-state index < -0.39 is 0 Å². The number of amides is 2. The van der Waals surface area contributed by atoms with Crippen molar-refractivity contribution in [2.75, 3.05) is 68.8 Å². The van der Waals surface area contributed by atoms with Crippen LogP contribution in [0.15, 0.2) is 23.8 Å². The quantitative estimate of drug-likeness (QED) is 0.518. The zero-order valence-electron chi connectivity index (χ0n) is 22.7. The molecule has 1 saturated heterocycles. The molecule has 0 aromatic heterocycles. The highest BCUT2D eigenvalue weighted by Crippen LogP contribution is 2.45. The molecule has 4 rings (SSSR count). The van der Waals surface area contributed by atoms with Crippen LogP contribution in [-0.2, 0) is 11.2 Å². The molecule has 1 fully saturated rings. The van der Waals surface area contributed by atoms with Crippen LogP contribution >= 0.6 is 0 Å². The van der Waals surface area contributed by atoms with Crippen LogP contribution in [0.3, 0.4) is 0 Å². The second-order valence-corrected chi connectivity index (χ2v) is 8.88. The molecule has 1 heterocycles. The normalized spacial score (nSPS) is 14.7. The van der Waals surface area contributed by atoms with Gasteiger partial charge in [-0.15, -0.1) is 0 Å². The molecule has 2 aliphatic rings. The molecular formula is C28H34N2O8. The maximum absolute atomic E-state index is 13.4. The topological polar surface area (TPSA) is 96.0 Å². The van der Waals surface area contributed by atoms with Crippen molar-refractivity contribution in [2.45, 2.75) is 12.8 Å². The second kappa shape index (κ2) is 11.5. The predicted octanol–water partition coefficient (Wildman–Crippen LogP) is 3.05. The number of nitrogens with zero attached hydrogens (tertiary/aromatic N) is 2. The van der Waals surface area contributed by atoms with Gasteiger partial charge >= 0.3 is 0 Å². The number of rotatable bonds is 8. The van der Waals surface area contributed by atoms with E-state index in [1.54, 1.807) is 43.3 Å². The molecule has 0 bridgehead atoms. The fourth-order valence-corrected chi connectivity index (χ4v) is 5.01. The van der Waals surface area contributed by atoms with Gasteiger partial charge < -0.3 is 38.2 Å². The van der Waals surface area contributed by atoms with Crippen LogP contribution in [0.5, 0.6) is 34.5 Å². The summed E-state index contributed by atoms with van der Waals surface area (Å²) in [7, 11) is 9.28. The maximum Gasteiger partial charge on any atom is 0.254 e. The molecule has 0 radical (unpaired) electrons. The zero-order valence-corrected chi connectivity index (χ0v) is 22.7. The van der Waals surface area contributed by atoms with Crippen LogP contribution in [0.4, 0.5) is 0 Å². The number of fused-ring (bicyclic) bond motifs is 1. The second-order valence-electron chi connectivity index (χ2n) is 8.88. The minimum Gasteiger partial charge on any atom is -0.493 e. The van der Waals surface area contributed by atoms with Crippen LogP contribution in [0, 0.1) is 0 Å². The molecule has 0 N–H and O–H groups in total. The summed E-state index contributed by atoms with van der Waals surface area (Å²) in [5, 5.41) is 0. The predicted molar refractivity (Wildman–Crippen MR) is 141 cm³/mol. The van der Waals surface area contributed by atoms with Gasteiger partial charge in [0.25, 0.3) is 5.91 Å². The van der Waals surface area contributed by atoms with Gasteiger partial charge in [-0.1, -0.05) is 0 Å². The number of benzene rings is 2. The number of carbonyl (C=O) groups excluding carboxylic acids is 2. The molecule has 204 valence electrons. The Balaban J connectivity index is 1.48. The van der Waals surface area contributed by atoms with Gasteiger partial charge in [0.05, 0.1) is 42.7 Å². The Labute approximate surface area is 222 Å². The van der Waals surface area contributed by atoms with Crippen molar-refractivity contribution in [3.8, 4) is 34.5 Å². The summed E-state index contributed by atoms with van der Waals surface area (Å²) in [4.78, 5) is 30.2. The van der Waals surface area contributed by atoms with Crippen molar-refractivity contribution >= 4 is 17.9 Å². The third-order valence-corrected chi connectivity index (χ3v) is 6.98. The minimum absolute atomic E-state index is 0.0238. The molecule has 38 heavy (non-hydrogen) atoms. The first kappa shape index (κ1) is 27.0. The molecule has 2 aromatic carbocycles.